The van der Waals surface area contributed by atoms with Gasteiger partial charge in [0.1, 0.15) is 44.7 Å². The molecule has 19 aromatic carbocycles. The molecule has 0 saturated carbocycles. The van der Waals surface area contributed by atoms with Crippen LogP contribution >= 0.6 is 0 Å². The zero-order chi connectivity index (χ0) is 76.8. The van der Waals surface area contributed by atoms with E-state index in [1.54, 1.807) is 0 Å². The van der Waals surface area contributed by atoms with Crippen LogP contribution in [0.2, 0.25) is 0 Å². The number of para-hydroxylation sites is 4. The molecule has 0 atom stereocenters. The first-order valence-electron chi connectivity index (χ1n) is 39.8. The van der Waals surface area contributed by atoms with Gasteiger partial charge in [-0.3, -0.25) is 0 Å². The highest BCUT2D eigenvalue weighted by molar-refractivity contribution is 6.22. The number of furan rings is 4. The van der Waals surface area contributed by atoms with Crippen LogP contribution in [-0.4, -0.2) is 4.57 Å². The number of fused-ring (bicyclic) bond motifs is 19. The Labute approximate surface area is 671 Å². The van der Waals surface area contributed by atoms with Gasteiger partial charge in [0, 0.05) is 87.7 Å². The summed E-state index contributed by atoms with van der Waals surface area (Å²) in [4.78, 5) is 4.78. The molecule has 0 spiro atoms. The highest BCUT2D eigenvalue weighted by atomic mass is 16.3. The highest BCUT2D eigenvalue weighted by Crippen LogP contribution is 2.50. The molecule has 0 aliphatic heterocycles. The van der Waals surface area contributed by atoms with Crippen LogP contribution in [0.3, 0.4) is 0 Å². The maximum absolute atomic E-state index is 6.90. The summed E-state index contributed by atoms with van der Waals surface area (Å²) in [6.07, 6.45) is 0. The summed E-state index contributed by atoms with van der Waals surface area (Å²) in [5.41, 5.74) is 29.5. The first-order chi connectivity index (χ1) is 58.0. The van der Waals surface area contributed by atoms with Gasteiger partial charge < -0.3 is 32.0 Å². The van der Waals surface area contributed by atoms with E-state index in [-0.39, 0.29) is 0 Å². The Morgan fingerprint density at radius 2 is 0.607 bits per heavy atom. The minimum atomic E-state index is 0.808. The average Bonchev–Trinajstić information content (AvgIpc) is 1.64. The molecular formula is C110H67N3O4. The van der Waals surface area contributed by atoms with Gasteiger partial charge in [0.15, 0.2) is 0 Å². The Balaban J connectivity index is 0.557. The summed E-state index contributed by atoms with van der Waals surface area (Å²) >= 11 is 0. The Bertz CT molecular complexity index is 8020. The topological polar surface area (TPSA) is 64.0 Å². The smallest absolute Gasteiger partial charge is 0.143 e. The summed E-state index contributed by atoms with van der Waals surface area (Å²) < 4.78 is 29.8. The van der Waals surface area contributed by atoms with E-state index in [1.165, 1.54) is 21.8 Å². The third-order valence-corrected chi connectivity index (χ3v) is 24.0. The Kier molecular flexibility index (Phi) is 14.9. The molecule has 546 valence electrons. The van der Waals surface area contributed by atoms with Gasteiger partial charge in [-0.15, -0.1) is 0 Å². The third kappa shape index (κ3) is 10.7. The molecular weight excluding hydrogens is 1430 g/mol. The number of rotatable bonds is 13. The predicted octanol–water partition coefficient (Wildman–Crippen LogP) is 31.6. The number of nitrogens with zero attached hydrogens (tertiary/aromatic N) is 3. The van der Waals surface area contributed by atoms with Gasteiger partial charge in [-0.1, -0.05) is 261 Å². The van der Waals surface area contributed by atoms with E-state index in [1.807, 2.05) is 0 Å². The number of aromatic nitrogens is 1. The van der Waals surface area contributed by atoms with E-state index in [0.717, 1.165) is 216 Å². The van der Waals surface area contributed by atoms with Gasteiger partial charge in [0.2, 0.25) is 0 Å². The van der Waals surface area contributed by atoms with E-state index in [4.69, 9.17) is 17.7 Å². The predicted molar refractivity (Wildman–Crippen MR) is 487 cm³/mol. The van der Waals surface area contributed by atoms with E-state index in [0.29, 0.717) is 0 Å². The van der Waals surface area contributed by atoms with Crippen molar-refractivity contribution in [2.75, 3.05) is 9.80 Å². The first kappa shape index (κ1) is 66.0. The molecule has 5 heterocycles. The van der Waals surface area contributed by atoms with Crippen LogP contribution in [0.25, 0.3) is 204 Å². The highest BCUT2D eigenvalue weighted by Gasteiger charge is 2.26. The van der Waals surface area contributed by atoms with Crippen LogP contribution in [0.1, 0.15) is 0 Å². The van der Waals surface area contributed by atoms with Crippen LogP contribution in [0.4, 0.5) is 34.1 Å². The maximum Gasteiger partial charge on any atom is 0.143 e. The largest absolute Gasteiger partial charge is 0.456 e. The molecule has 117 heavy (non-hydrogen) atoms. The van der Waals surface area contributed by atoms with Crippen molar-refractivity contribution in [1.82, 2.24) is 4.57 Å². The van der Waals surface area contributed by atoms with E-state index >= 15 is 0 Å². The van der Waals surface area contributed by atoms with Crippen molar-refractivity contribution < 1.29 is 17.7 Å². The zero-order valence-electron chi connectivity index (χ0n) is 63.2. The quantitative estimate of drug-likeness (QED) is 0.115. The van der Waals surface area contributed by atoms with Crippen molar-refractivity contribution in [2.24, 2.45) is 0 Å². The van der Waals surface area contributed by atoms with Crippen LogP contribution in [0.15, 0.2) is 424 Å². The van der Waals surface area contributed by atoms with Gasteiger partial charge in [-0.05, 0) is 212 Å². The van der Waals surface area contributed by atoms with Gasteiger partial charge in [0.05, 0.1) is 38.9 Å². The van der Waals surface area contributed by atoms with Crippen LogP contribution < -0.4 is 9.80 Å². The second-order valence-electron chi connectivity index (χ2n) is 30.5. The summed E-state index contributed by atoms with van der Waals surface area (Å²) in [5, 5.41) is 15.4. The first-order valence-corrected chi connectivity index (χ1v) is 39.8. The number of benzene rings is 19. The molecule has 0 aliphatic carbocycles. The standard InChI is InChI=1S/C110H67N3O4/c1-3-20-68(21-4-1)78-62-79(69-22-5-2-6-23-69)64-83(63-78)112(100-37-19-39-104-107(100)93-59-47-73-25-8-10-28-86(73)110(93)117-104)82-53-42-71(43-54-82)76-50-61-102-95(66-76)91-32-17-31-87(108(91)115-102)77-48-57-90-94-65-75(49-60-101(94)114-105(90)67-77)70-40-51-80(52-41-70)111(99-36-18-38-103-106(99)92-58-46-72-24-7-9-27-85(72)109(92)116-103)81-55-44-74(45-56-81)84-26-11-14-33-96(84)113-97-34-15-12-29-88(97)89-30-13-16-35-98(89)113/h1-67H. The second kappa shape index (κ2) is 26.5. The summed E-state index contributed by atoms with van der Waals surface area (Å²) in [7, 11) is 0. The lowest BCUT2D eigenvalue weighted by Crippen LogP contribution is -2.10. The second-order valence-corrected chi connectivity index (χ2v) is 30.5. The summed E-state index contributed by atoms with van der Waals surface area (Å²) in [6, 6.07) is 146. The minimum absolute atomic E-state index is 0.808. The summed E-state index contributed by atoms with van der Waals surface area (Å²) in [5.74, 6) is 0. The maximum atomic E-state index is 6.90. The van der Waals surface area contributed by atoms with E-state index in [9.17, 15) is 0 Å². The van der Waals surface area contributed by atoms with Crippen molar-refractivity contribution in [3.05, 3.63) is 406 Å². The molecule has 0 amide bonds. The van der Waals surface area contributed by atoms with Gasteiger partial charge in [0.25, 0.3) is 0 Å². The molecule has 0 fully saturated rings. The van der Waals surface area contributed by atoms with E-state index < -0.39 is 0 Å². The molecule has 0 radical (unpaired) electrons. The minimum Gasteiger partial charge on any atom is -0.456 e. The normalized spacial score (nSPS) is 11.9. The zero-order valence-corrected chi connectivity index (χ0v) is 63.2. The lowest BCUT2D eigenvalue weighted by molar-refractivity contribution is 0.668. The molecule has 24 rings (SSSR count). The third-order valence-electron chi connectivity index (χ3n) is 24.0. The Morgan fingerprint density at radius 1 is 0.188 bits per heavy atom. The van der Waals surface area contributed by atoms with Crippen molar-refractivity contribution >= 4 is 165 Å². The fourth-order valence-electron chi connectivity index (χ4n) is 18.5. The lowest BCUT2D eigenvalue weighted by Gasteiger charge is -2.28. The lowest BCUT2D eigenvalue weighted by atomic mass is 9.96. The van der Waals surface area contributed by atoms with Crippen molar-refractivity contribution in [3.63, 3.8) is 0 Å². The molecule has 7 heteroatoms. The summed E-state index contributed by atoms with van der Waals surface area (Å²) in [6.45, 7) is 0. The molecule has 7 nitrogen and oxygen atoms in total. The number of anilines is 6. The fourth-order valence-corrected chi connectivity index (χ4v) is 18.5. The molecule has 0 bridgehead atoms. The van der Waals surface area contributed by atoms with Gasteiger partial charge >= 0.3 is 0 Å². The molecule has 24 aromatic rings. The van der Waals surface area contributed by atoms with Crippen LogP contribution in [0.5, 0.6) is 0 Å². The molecule has 5 aromatic heterocycles. The van der Waals surface area contributed by atoms with Crippen LogP contribution in [-0.2, 0) is 0 Å². The number of hydrogen-bond donors (Lipinski definition) is 0. The van der Waals surface area contributed by atoms with Crippen molar-refractivity contribution in [1.29, 1.82) is 0 Å². The molecule has 0 N–H and O–H groups in total. The van der Waals surface area contributed by atoms with Crippen LogP contribution in [0, 0.1) is 0 Å². The number of hydrogen-bond acceptors (Lipinski definition) is 6. The molecule has 0 saturated heterocycles. The Morgan fingerprint density at radius 3 is 1.18 bits per heavy atom. The molecule has 0 unspecified atom stereocenters. The fraction of sp³-hybridized carbons (Fsp3) is 0. The molecule has 0 aliphatic rings. The van der Waals surface area contributed by atoms with Gasteiger partial charge in [-0.25, -0.2) is 0 Å². The Hall–Kier alpha value is -15.7. The average molecular weight is 1490 g/mol. The monoisotopic (exact) mass is 1490 g/mol. The van der Waals surface area contributed by atoms with E-state index in [2.05, 4.69) is 421 Å². The SMILES string of the molecule is c1ccc(-c2cc(-c3ccccc3)cc(N(c3ccc(-c4ccc5oc6c(-c7ccc8c(c7)oc7ccc(-c9ccc(N(c%10ccc(-c%11ccccc%11-n%11c%12ccccc%12c%12ccccc%12%11)cc%10)c%10cccc%11oc%12c%13ccccc%13ccc%12c%10%11)cc9)cc78)cccc6c5c4)cc3)c3cccc4oc5c6ccccc6ccc5c34)c2)cc1. The van der Waals surface area contributed by atoms with Crippen molar-refractivity contribution in [2.45, 2.75) is 0 Å². The van der Waals surface area contributed by atoms with Crippen molar-refractivity contribution in [3.8, 4) is 72.4 Å². The van der Waals surface area contributed by atoms with Gasteiger partial charge in [-0.2, -0.15) is 0 Å².